The number of nitro groups is 1. The molecule has 2 aliphatic carbocycles. The number of hydrogen-bond acceptors (Lipinski definition) is 2. The Morgan fingerprint density at radius 1 is 0.818 bits per heavy atom. The summed E-state index contributed by atoms with van der Waals surface area (Å²) in [6, 6.07) is 7.56. The molecule has 2 fully saturated rings. The van der Waals surface area contributed by atoms with Crippen LogP contribution in [0.5, 0.6) is 0 Å². The third kappa shape index (κ3) is 3.68. The fourth-order valence-corrected chi connectivity index (χ4v) is 7.96. The molecule has 3 nitrogen and oxygen atoms in total. The molecular formula is C18H26NO2P. The summed E-state index contributed by atoms with van der Waals surface area (Å²) in [6.07, 6.45) is 13.8. The molecular weight excluding hydrogens is 293 g/mol. The average molecular weight is 319 g/mol. The predicted octanol–water partition coefficient (Wildman–Crippen LogP) is 5.37. The zero-order valence-corrected chi connectivity index (χ0v) is 14.1. The third-order valence-electron chi connectivity index (χ3n) is 5.29. The average Bonchev–Trinajstić information content (AvgIpc) is 2.57. The smallest absolute Gasteiger partial charge is 0.258 e. The van der Waals surface area contributed by atoms with E-state index in [-0.39, 0.29) is 18.5 Å². The summed E-state index contributed by atoms with van der Waals surface area (Å²) in [5.41, 5.74) is 1.94. The summed E-state index contributed by atoms with van der Waals surface area (Å²) < 4.78 is 0. The molecule has 0 aromatic heterocycles. The van der Waals surface area contributed by atoms with E-state index in [1.165, 1.54) is 69.5 Å². The van der Waals surface area contributed by atoms with Crippen molar-refractivity contribution in [2.75, 3.05) is 0 Å². The van der Waals surface area contributed by atoms with Crippen LogP contribution in [-0.2, 0) is 0 Å². The van der Waals surface area contributed by atoms with Crippen molar-refractivity contribution in [3.05, 3.63) is 34.4 Å². The lowest BCUT2D eigenvalue weighted by Gasteiger charge is -2.38. The fraction of sp³-hybridized carbons (Fsp3) is 0.667. The second kappa shape index (κ2) is 7.55. The van der Waals surface area contributed by atoms with Crippen LogP contribution in [0.4, 0.5) is 5.69 Å². The van der Waals surface area contributed by atoms with Gasteiger partial charge in [-0.15, -0.1) is 0 Å². The molecule has 2 saturated carbocycles. The van der Waals surface area contributed by atoms with Gasteiger partial charge in [-0.05, 0) is 54.4 Å². The maximum atomic E-state index is 10.9. The first-order chi connectivity index (χ1) is 10.8. The lowest BCUT2D eigenvalue weighted by molar-refractivity contribution is -0.384. The standard InChI is InChI=1S/C18H26NO2P/c20-19(21)15-11-13-18(14-12-15)22(16-7-3-1-4-8-16)17-9-5-2-6-10-17/h11-14,16-17H,1-10H2. The molecule has 0 bridgehead atoms. The molecule has 0 radical (unpaired) electrons. The Bertz CT molecular complexity index is 472. The number of non-ortho nitro benzene ring substituents is 1. The van der Waals surface area contributed by atoms with E-state index in [1.54, 1.807) is 12.1 Å². The van der Waals surface area contributed by atoms with Gasteiger partial charge in [-0.1, -0.05) is 46.4 Å². The second-order valence-electron chi connectivity index (χ2n) is 6.76. The van der Waals surface area contributed by atoms with Crippen molar-refractivity contribution >= 4 is 18.9 Å². The van der Waals surface area contributed by atoms with Crippen molar-refractivity contribution in [2.24, 2.45) is 0 Å². The lowest BCUT2D eigenvalue weighted by Crippen LogP contribution is -2.26. The summed E-state index contributed by atoms with van der Waals surface area (Å²) in [5.74, 6) is 0. The summed E-state index contributed by atoms with van der Waals surface area (Å²) >= 11 is 0. The quantitative estimate of drug-likeness (QED) is 0.425. The highest BCUT2D eigenvalue weighted by Crippen LogP contribution is 2.54. The first-order valence-electron chi connectivity index (χ1n) is 8.78. The van der Waals surface area contributed by atoms with Crippen LogP contribution >= 0.6 is 7.92 Å². The van der Waals surface area contributed by atoms with Crippen molar-refractivity contribution in [1.29, 1.82) is 0 Å². The molecule has 0 amide bonds. The summed E-state index contributed by atoms with van der Waals surface area (Å²) in [6.45, 7) is 0. The minimum Gasteiger partial charge on any atom is -0.258 e. The number of nitrogens with zero attached hydrogens (tertiary/aromatic N) is 1. The highest BCUT2D eigenvalue weighted by molar-refractivity contribution is 7.67. The van der Waals surface area contributed by atoms with Crippen LogP contribution in [0.1, 0.15) is 64.2 Å². The van der Waals surface area contributed by atoms with E-state index in [4.69, 9.17) is 0 Å². The van der Waals surface area contributed by atoms with Crippen LogP contribution in [0, 0.1) is 10.1 Å². The van der Waals surface area contributed by atoms with E-state index in [9.17, 15) is 10.1 Å². The van der Waals surface area contributed by atoms with Gasteiger partial charge >= 0.3 is 0 Å². The summed E-state index contributed by atoms with van der Waals surface area (Å²) in [4.78, 5) is 10.6. The Kier molecular flexibility index (Phi) is 5.46. The van der Waals surface area contributed by atoms with Gasteiger partial charge in [-0.25, -0.2) is 0 Å². The van der Waals surface area contributed by atoms with Gasteiger partial charge in [0, 0.05) is 12.1 Å². The molecule has 1 aromatic carbocycles. The lowest BCUT2D eigenvalue weighted by atomic mass is 9.99. The monoisotopic (exact) mass is 319 g/mol. The minimum absolute atomic E-state index is 0.146. The van der Waals surface area contributed by atoms with Gasteiger partial charge < -0.3 is 0 Å². The molecule has 3 rings (SSSR count). The SMILES string of the molecule is O=[N+]([O-])c1ccc(P(C2CCCCC2)C2CCCCC2)cc1. The molecule has 0 spiro atoms. The molecule has 4 heteroatoms. The van der Waals surface area contributed by atoms with Gasteiger partial charge in [0.05, 0.1) is 4.92 Å². The topological polar surface area (TPSA) is 43.1 Å². The molecule has 0 heterocycles. The Hall–Kier alpha value is -0.950. The van der Waals surface area contributed by atoms with E-state index in [1.807, 2.05) is 0 Å². The largest absolute Gasteiger partial charge is 0.269 e. The third-order valence-corrected chi connectivity index (χ3v) is 8.80. The normalized spacial score (nSPS) is 21.1. The Morgan fingerprint density at radius 3 is 1.68 bits per heavy atom. The van der Waals surface area contributed by atoms with Crippen LogP contribution in [0.15, 0.2) is 24.3 Å². The molecule has 1 aromatic rings. The van der Waals surface area contributed by atoms with Crippen LogP contribution in [0.2, 0.25) is 0 Å². The molecule has 120 valence electrons. The predicted molar refractivity (Wildman–Crippen MR) is 93.4 cm³/mol. The first-order valence-corrected chi connectivity index (χ1v) is 10.3. The van der Waals surface area contributed by atoms with E-state index >= 15 is 0 Å². The van der Waals surface area contributed by atoms with Gasteiger partial charge in [-0.3, -0.25) is 10.1 Å². The van der Waals surface area contributed by atoms with Crippen LogP contribution < -0.4 is 5.30 Å². The number of rotatable bonds is 4. The van der Waals surface area contributed by atoms with Gasteiger partial charge in [-0.2, -0.15) is 0 Å². The van der Waals surface area contributed by atoms with E-state index in [0.29, 0.717) is 0 Å². The Labute approximate surface area is 134 Å². The van der Waals surface area contributed by atoms with E-state index < -0.39 is 0 Å². The van der Waals surface area contributed by atoms with Crippen molar-refractivity contribution in [2.45, 2.75) is 75.5 Å². The summed E-state index contributed by atoms with van der Waals surface area (Å²) in [5, 5.41) is 12.3. The zero-order valence-electron chi connectivity index (χ0n) is 13.2. The minimum atomic E-state index is -0.284. The molecule has 2 aliphatic rings. The Balaban J connectivity index is 1.84. The van der Waals surface area contributed by atoms with Crippen molar-refractivity contribution in [3.63, 3.8) is 0 Å². The van der Waals surface area contributed by atoms with E-state index in [2.05, 4.69) is 12.1 Å². The highest BCUT2D eigenvalue weighted by Gasteiger charge is 2.32. The van der Waals surface area contributed by atoms with Gasteiger partial charge in [0.25, 0.3) is 5.69 Å². The highest BCUT2D eigenvalue weighted by atomic mass is 31.1. The van der Waals surface area contributed by atoms with Crippen molar-refractivity contribution in [1.82, 2.24) is 0 Å². The maximum absolute atomic E-state index is 10.9. The molecule has 0 unspecified atom stereocenters. The van der Waals surface area contributed by atoms with Crippen LogP contribution in [0.3, 0.4) is 0 Å². The van der Waals surface area contributed by atoms with Gasteiger partial charge in [0.1, 0.15) is 0 Å². The second-order valence-corrected chi connectivity index (χ2v) is 9.56. The molecule has 0 saturated heterocycles. The molecule has 0 aliphatic heterocycles. The number of nitro benzene ring substituents is 1. The number of hydrogen-bond donors (Lipinski definition) is 0. The number of benzene rings is 1. The first kappa shape index (κ1) is 15.9. The fourth-order valence-electron chi connectivity index (χ4n) is 4.18. The molecule has 22 heavy (non-hydrogen) atoms. The van der Waals surface area contributed by atoms with E-state index in [0.717, 1.165) is 11.3 Å². The Morgan fingerprint density at radius 2 is 1.27 bits per heavy atom. The van der Waals surface area contributed by atoms with Crippen LogP contribution in [0.25, 0.3) is 0 Å². The van der Waals surface area contributed by atoms with Gasteiger partial charge in [0.2, 0.25) is 0 Å². The molecule has 0 atom stereocenters. The van der Waals surface area contributed by atoms with Gasteiger partial charge in [0.15, 0.2) is 0 Å². The molecule has 0 N–H and O–H groups in total. The van der Waals surface area contributed by atoms with Crippen LogP contribution in [-0.4, -0.2) is 16.2 Å². The zero-order chi connectivity index (χ0) is 15.4. The summed E-state index contributed by atoms with van der Waals surface area (Å²) in [7, 11) is -0.146. The van der Waals surface area contributed by atoms with Crippen molar-refractivity contribution < 1.29 is 4.92 Å². The maximum Gasteiger partial charge on any atom is 0.269 e. The van der Waals surface area contributed by atoms with Crippen molar-refractivity contribution in [3.8, 4) is 0 Å².